The van der Waals surface area contributed by atoms with E-state index < -0.39 is 0 Å². The predicted octanol–water partition coefficient (Wildman–Crippen LogP) is 1.94. The van der Waals surface area contributed by atoms with E-state index in [1.807, 2.05) is 0 Å². The summed E-state index contributed by atoms with van der Waals surface area (Å²) < 4.78 is 0. The van der Waals surface area contributed by atoms with Gasteiger partial charge < -0.3 is 0 Å². The summed E-state index contributed by atoms with van der Waals surface area (Å²) in [5, 5.41) is 0.345. The molecule has 0 saturated heterocycles. The number of terminal acetylenes is 1. The Hall–Kier alpha value is -1.33. The topological polar surface area (TPSA) is 30.0 Å². The molecule has 0 atom stereocenters. The van der Waals surface area contributed by atoms with E-state index in [0.29, 0.717) is 10.6 Å². The van der Waals surface area contributed by atoms with Crippen molar-refractivity contribution in [3.63, 3.8) is 0 Å². The van der Waals surface area contributed by atoms with E-state index in [0.717, 1.165) is 0 Å². The van der Waals surface area contributed by atoms with Gasteiger partial charge in [-0.05, 0) is 6.07 Å². The van der Waals surface area contributed by atoms with Gasteiger partial charge in [0.1, 0.15) is 0 Å². The van der Waals surface area contributed by atoms with Crippen molar-refractivity contribution in [2.45, 2.75) is 6.42 Å². The second-order valence-corrected chi connectivity index (χ2v) is 2.57. The Kier molecular flexibility index (Phi) is 2.84. The van der Waals surface area contributed by atoms with Crippen LogP contribution in [0.15, 0.2) is 18.5 Å². The molecule has 0 aliphatic rings. The predicted molar refractivity (Wildman–Crippen MR) is 47.0 cm³/mol. The molecule has 0 N–H and O–H groups in total. The lowest BCUT2D eigenvalue weighted by Gasteiger charge is -1.97. The number of pyridine rings is 1. The Balaban J connectivity index is 2.97. The lowest BCUT2D eigenvalue weighted by Crippen LogP contribution is -1.98. The average molecular weight is 180 g/mol. The van der Waals surface area contributed by atoms with Crippen LogP contribution in [0.25, 0.3) is 0 Å². The number of aromatic nitrogens is 1. The molecule has 0 bridgehead atoms. The molecule has 0 spiro atoms. The smallest absolute Gasteiger partial charge is 0.176 e. The molecule has 2 nitrogen and oxygen atoms in total. The first kappa shape index (κ1) is 8.76. The number of halogens is 1. The largest absolute Gasteiger partial charge is 0.293 e. The average Bonchev–Trinajstić information content (AvgIpc) is 2.05. The highest BCUT2D eigenvalue weighted by molar-refractivity contribution is 6.33. The fourth-order valence-corrected chi connectivity index (χ4v) is 1.01. The van der Waals surface area contributed by atoms with Crippen molar-refractivity contribution in [1.29, 1.82) is 0 Å². The molecule has 0 saturated carbocycles. The van der Waals surface area contributed by atoms with Crippen LogP contribution >= 0.6 is 11.6 Å². The number of hydrogen-bond donors (Lipinski definition) is 0. The maximum absolute atomic E-state index is 11.2. The minimum atomic E-state index is -0.148. The van der Waals surface area contributed by atoms with E-state index in [4.69, 9.17) is 18.0 Å². The molecular formula is C9H6ClNO. The Morgan fingerprint density at radius 2 is 2.50 bits per heavy atom. The summed E-state index contributed by atoms with van der Waals surface area (Å²) in [6, 6.07) is 1.56. The molecule has 0 aromatic carbocycles. The molecule has 3 heteroatoms. The van der Waals surface area contributed by atoms with Crippen LogP contribution in [-0.4, -0.2) is 10.8 Å². The van der Waals surface area contributed by atoms with Gasteiger partial charge in [-0.25, -0.2) is 0 Å². The van der Waals surface area contributed by atoms with Crippen LogP contribution in [-0.2, 0) is 0 Å². The van der Waals surface area contributed by atoms with Crippen molar-refractivity contribution < 1.29 is 4.79 Å². The summed E-state index contributed by atoms with van der Waals surface area (Å²) in [6.07, 6.45) is 7.99. The second-order valence-electron chi connectivity index (χ2n) is 2.16. The lowest BCUT2D eigenvalue weighted by molar-refractivity contribution is 0.0998. The Labute approximate surface area is 75.6 Å². The normalized spacial score (nSPS) is 9.00. The molecule has 1 aromatic heterocycles. The fourth-order valence-electron chi connectivity index (χ4n) is 0.789. The van der Waals surface area contributed by atoms with Crippen molar-refractivity contribution in [1.82, 2.24) is 4.98 Å². The Bertz CT molecular complexity index is 341. The summed E-state index contributed by atoms with van der Waals surface area (Å²) in [5.41, 5.74) is 0.435. The van der Waals surface area contributed by atoms with E-state index in [1.54, 1.807) is 6.07 Å². The van der Waals surface area contributed by atoms with Crippen molar-refractivity contribution in [2.75, 3.05) is 0 Å². The molecule has 0 radical (unpaired) electrons. The monoisotopic (exact) mass is 179 g/mol. The summed E-state index contributed by atoms with van der Waals surface area (Å²) in [5.74, 6) is 2.12. The molecule has 0 amide bonds. The van der Waals surface area contributed by atoms with E-state index in [-0.39, 0.29) is 12.2 Å². The minimum Gasteiger partial charge on any atom is -0.293 e. The molecule has 12 heavy (non-hydrogen) atoms. The summed E-state index contributed by atoms with van der Waals surface area (Å²) >= 11 is 5.70. The first-order valence-corrected chi connectivity index (χ1v) is 3.69. The molecule has 1 rings (SSSR count). The van der Waals surface area contributed by atoms with Crippen LogP contribution in [0.1, 0.15) is 16.8 Å². The van der Waals surface area contributed by atoms with Gasteiger partial charge in [0.25, 0.3) is 0 Å². The van der Waals surface area contributed by atoms with E-state index >= 15 is 0 Å². The van der Waals surface area contributed by atoms with Gasteiger partial charge in [0, 0.05) is 18.0 Å². The van der Waals surface area contributed by atoms with Crippen LogP contribution in [0.5, 0.6) is 0 Å². The zero-order valence-electron chi connectivity index (χ0n) is 6.25. The highest BCUT2D eigenvalue weighted by Crippen LogP contribution is 2.14. The molecule has 1 heterocycles. The van der Waals surface area contributed by atoms with Crippen LogP contribution in [0.3, 0.4) is 0 Å². The Morgan fingerprint density at radius 1 is 1.75 bits per heavy atom. The zero-order chi connectivity index (χ0) is 8.97. The Morgan fingerprint density at radius 3 is 3.08 bits per heavy atom. The van der Waals surface area contributed by atoms with E-state index in [9.17, 15) is 4.79 Å². The molecule has 0 fully saturated rings. The highest BCUT2D eigenvalue weighted by atomic mass is 35.5. The molecule has 0 aliphatic carbocycles. The molecule has 1 aromatic rings. The minimum absolute atomic E-state index is 0.0731. The fraction of sp³-hybridized carbons (Fsp3) is 0.111. The van der Waals surface area contributed by atoms with Gasteiger partial charge in [-0.2, -0.15) is 0 Å². The SMILES string of the molecule is C#CCC(=O)c1ccncc1Cl. The van der Waals surface area contributed by atoms with Gasteiger partial charge in [-0.3, -0.25) is 9.78 Å². The number of carbonyl (C=O) groups is 1. The standard InChI is InChI=1S/C9H6ClNO/c1-2-3-9(12)7-4-5-11-6-8(7)10/h1,4-6H,3H2. The number of ketones is 1. The van der Waals surface area contributed by atoms with Gasteiger partial charge in [-0.15, -0.1) is 6.42 Å². The lowest BCUT2D eigenvalue weighted by atomic mass is 10.1. The van der Waals surface area contributed by atoms with Crippen molar-refractivity contribution in [3.8, 4) is 12.3 Å². The third-order valence-corrected chi connectivity index (χ3v) is 1.64. The van der Waals surface area contributed by atoms with Gasteiger partial charge in [-0.1, -0.05) is 17.5 Å². The summed E-state index contributed by atoms with van der Waals surface area (Å²) in [4.78, 5) is 15.0. The third-order valence-electron chi connectivity index (χ3n) is 1.34. The van der Waals surface area contributed by atoms with Crippen molar-refractivity contribution >= 4 is 17.4 Å². The van der Waals surface area contributed by atoms with Crippen LogP contribution in [0.4, 0.5) is 0 Å². The maximum Gasteiger partial charge on any atom is 0.176 e. The number of nitrogens with zero attached hydrogens (tertiary/aromatic N) is 1. The van der Waals surface area contributed by atoms with E-state index in [2.05, 4.69) is 10.9 Å². The maximum atomic E-state index is 11.2. The van der Waals surface area contributed by atoms with Gasteiger partial charge >= 0.3 is 0 Å². The third kappa shape index (κ3) is 1.84. The number of Topliss-reactive ketones (excluding diaryl/α,β-unsaturated/α-hetero) is 1. The number of rotatable bonds is 2. The van der Waals surface area contributed by atoms with Gasteiger partial charge in [0.2, 0.25) is 0 Å². The molecule has 0 unspecified atom stereocenters. The first-order valence-electron chi connectivity index (χ1n) is 3.32. The quantitative estimate of drug-likeness (QED) is 0.513. The summed E-state index contributed by atoms with van der Waals surface area (Å²) in [6.45, 7) is 0. The molecule has 0 aliphatic heterocycles. The molecule has 60 valence electrons. The van der Waals surface area contributed by atoms with Crippen molar-refractivity contribution in [2.24, 2.45) is 0 Å². The summed E-state index contributed by atoms with van der Waals surface area (Å²) in [7, 11) is 0. The first-order chi connectivity index (χ1) is 5.75. The number of hydrogen-bond acceptors (Lipinski definition) is 2. The van der Waals surface area contributed by atoms with Crippen molar-refractivity contribution in [3.05, 3.63) is 29.0 Å². The second kappa shape index (κ2) is 3.89. The van der Waals surface area contributed by atoms with Gasteiger partial charge in [0.05, 0.1) is 11.4 Å². The van der Waals surface area contributed by atoms with E-state index in [1.165, 1.54) is 12.4 Å². The van der Waals surface area contributed by atoms with Crippen LogP contribution < -0.4 is 0 Å². The van der Waals surface area contributed by atoms with Crippen LogP contribution in [0, 0.1) is 12.3 Å². The highest BCUT2D eigenvalue weighted by Gasteiger charge is 2.07. The zero-order valence-corrected chi connectivity index (χ0v) is 7.01. The number of carbonyl (C=O) groups excluding carboxylic acids is 1. The van der Waals surface area contributed by atoms with Gasteiger partial charge in [0.15, 0.2) is 5.78 Å². The van der Waals surface area contributed by atoms with Crippen LogP contribution in [0.2, 0.25) is 5.02 Å². The molecular weight excluding hydrogens is 174 g/mol.